The van der Waals surface area contributed by atoms with E-state index in [-0.39, 0.29) is 12.3 Å². The lowest BCUT2D eigenvalue weighted by molar-refractivity contribution is -0.153. The van der Waals surface area contributed by atoms with Gasteiger partial charge in [0.1, 0.15) is 5.75 Å². The minimum atomic E-state index is -4.38. The van der Waals surface area contributed by atoms with Crippen LogP contribution >= 0.6 is 0 Å². The largest absolute Gasteiger partial charge is 0.484 e. The van der Waals surface area contributed by atoms with Crippen molar-refractivity contribution in [3.63, 3.8) is 0 Å². The average molecular weight is 419 g/mol. The smallest absolute Gasteiger partial charge is 0.422 e. The van der Waals surface area contributed by atoms with Crippen LogP contribution in [0.1, 0.15) is 30.9 Å². The van der Waals surface area contributed by atoms with Crippen molar-refractivity contribution in [1.29, 1.82) is 0 Å². The molecular weight excluding hydrogens is 387 g/mol. The Morgan fingerprint density at radius 1 is 1.07 bits per heavy atom. The molecule has 0 atom stereocenters. The summed E-state index contributed by atoms with van der Waals surface area (Å²) in [6, 6.07) is 5.16. The second-order valence-corrected chi connectivity index (χ2v) is 6.45. The minimum absolute atomic E-state index is 0.205. The van der Waals surface area contributed by atoms with E-state index < -0.39 is 12.8 Å². The molecule has 2 N–H and O–H groups in total. The van der Waals surface area contributed by atoms with Crippen molar-refractivity contribution in [3.05, 3.63) is 29.3 Å². The van der Waals surface area contributed by atoms with Crippen LogP contribution in [0.3, 0.4) is 0 Å². The molecule has 0 aromatic heterocycles. The molecule has 0 fully saturated rings. The maximum Gasteiger partial charge on any atom is 0.422 e. The average Bonchev–Trinajstić information content (AvgIpc) is 2.67. The maximum absolute atomic E-state index is 12.5. The summed E-state index contributed by atoms with van der Waals surface area (Å²) in [7, 11) is 1.62. The summed E-state index contributed by atoms with van der Waals surface area (Å²) >= 11 is 0. The Balaban J connectivity index is 2.35. The van der Waals surface area contributed by atoms with Gasteiger partial charge in [-0.15, -0.1) is 0 Å². The summed E-state index contributed by atoms with van der Waals surface area (Å²) in [5, 5.41) is 6.16. The number of ether oxygens (including phenoxy) is 3. The lowest BCUT2D eigenvalue weighted by Gasteiger charge is -2.16. The molecular formula is C20H32F3N3O3. The molecule has 0 spiro atoms. The summed E-state index contributed by atoms with van der Waals surface area (Å²) in [6.07, 6.45) is -2.23. The molecule has 0 amide bonds. The van der Waals surface area contributed by atoms with Gasteiger partial charge in [-0.25, -0.2) is 0 Å². The molecule has 29 heavy (non-hydrogen) atoms. The highest BCUT2D eigenvalue weighted by molar-refractivity contribution is 5.79. The van der Waals surface area contributed by atoms with Crippen LogP contribution < -0.4 is 15.4 Å². The molecule has 0 unspecified atom stereocenters. The number of aryl methyl sites for hydroxylation is 1. The molecule has 6 nitrogen and oxygen atoms in total. The second-order valence-electron chi connectivity index (χ2n) is 6.45. The highest BCUT2D eigenvalue weighted by Gasteiger charge is 2.28. The van der Waals surface area contributed by atoms with Crippen molar-refractivity contribution in [2.24, 2.45) is 4.99 Å². The van der Waals surface area contributed by atoms with Crippen LogP contribution in [0.5, 0.6) is 5.75 Å². The van der Waals surface area contributed by atoms with E-state index in [1.807, 2.05) is 6.07 Å². The van der Waals surface area contributed by atoms with Crippen LogP contribution in [0, 0.1) is 6.92 Å². The van der Waals surface area contributed by atoms with Crippen molar-refractivity contribution >= 4 is 5.96 Å². The Kier molecular flexibility index (Phi) is 12.1. The Hall–Kier alpha value is -2.00. The van der Waals surface area contributed by atoms with Gasteiger partial charge in [-0.05, 0) is 25.0 Å². The van der Waals surface area contributed by atoms with Gasteiger partial charge in [0, 0.05) is 32.3 Å². The third kappa shape index (κ3) is 12.2. The van der Waals surface area contributed by atoms with Crippen LogP contribution in [0.15, 0.2) is 23.2 Å². The maximum atomic E-state index is 12.5. The number of hydrogen-bond acceptors (Lipinski definition) is 4. The normalized spacial score (nSPS) is 12.1. The second kappa shape index (κ2) is 14.1. The van der Waals surface area contributed by atoms with E-state index in [9.17, 15) is 13.2 Å². The van der Waals surface area contributed by atoms with Crippen LogP contribution in [-0.4, -0.2) is 58.8 Å². The molecule has 0 radical (unpaired) electrons. The first-order valence-electron chi connectivity index (χ1n) is 9.74. The monoisotopic (exact) mass is 419 g/mol. The summed E-state index contributed by atoms with van der Waals surface area (Å²) in [4.78, 5) is 4.10. The molecule has 0 saturated carbocycles. The fraction of sp³-hybridized carbons (Fsp3) is 0.650. The van der Waals surface area contributed by atoms with Crippen molar-refractivity contribution in [2.45, 2.75) is 39.4 Å². The van der Waals surface area contributed by atoms with E-state index in [1.54, 1.807) is 26.1 Å². The molecule has 0 saturated heterocycles. The summed E-state index contributed by atoms with van der Waals surface area (Å²) in [5.41, 5.74) is 1.44. The van der Waals surface area contributed by atoms with E-state index in [0.29, 0.717) is 37.9 Å². The van der Waals surface area contributed by atoms with Gasteiger partial charge >= 0.3 is 6.18 Å². The van der Waals surface area contributed by atoms with E-state index >= 15 is 0 Å². The van der Waals surface area contributed by atoms with Gasteiger partial charge in [0.05, 0.1) is 19.8 Å². The highest BCUT2D eigenvalue weighted by atomic mass is 19.4. The van der Waals surface area contributed by atoms with Crippen LogP contribution in [0.2, 0.25) is 0 Å². The van der Waals surface area contributed by atoms with Crippen molar-refractivity contribution in [1.82, 2.24) is 10.6 Å². The fourth-order valence-corrected chi connectivity index (χ4v) is 2.31. The molecule has 0 heterocycles. The SMILES string of the molecule is CCCCOCCOCCNC(=NC)NCc1ccc(C)cc1OCC(F)(F)F. The van der Waals surface area contributed by atoms with Gasteiger partial charge in [-0.1, -0.05) is 25.5 Å². The van der Waals surface area contributed by atoms with Crippen molar-refractivity contribution in [3.8, 4) is 5.75 Å². The number of halogens is 3. The number of alkyl halides is 3. The number of nitrogens with one attached hydrogen (secondary N) is 2. The fourth-order valence-electron chi connectivity index (χ4n) is 2.31. The number of nitrogens with zero attached hydrogens (tertiary/aromatic N) is 1. The number of aliphatic imine (C=N–C) groups is 1. The lowest BCUT2D eigenvalue weighted by Crippen LogP contribution is -2.38. The standard InChI is InChI=1S/C20H32F3N3O3/c1-4-5-9-27-11-12-28-10-8-25-19(24-3)26-14-17-7-6-16(2)13-18(17)29-15-20(21,22)23/h6-7,13H,4-5,8-12,14-15H2,1-3H3,(H2,24,25,26). The Morgan fingerprint density at radius 3 is 2.45 bits per heavy atom. The summed E-state index contributed by atoms with van der Waals surface area (Å²) < 4.78 is 53.2. The number of benzene rings is 1. The Morgan fingerprint density at radius 2 is 1.79 bits per heavy atom. The lowest BCUT2D eigenvalue weighted by atomic mass is 10.1. The van der Waals surface area contributed by atoms with E-state index in [0.717, 1.165) is 25.0 Å². The van der Waals surface area contributed by atoms with Gasteiger partial charge in [0.2, 0.25) is 0 Å². The van der Waals surface area contributed by atoms with Gasteiger partial charge in [-0.2, -0.15) is 13.2 Å². The zero-order chi connectivity index (χ0) is 21.5. The number of guanidine groups is 1. The molecule has 166 valence electrons. The molecule has 1 rings (SSSR count). The third-order valence-corrected chi connectivity index (χ3v) is 3.84. The van der Waals surface area contributed by atoms with Gasteiger partial charge < -0.3 is 24.8 Å². The first-order chi connectivity index (χ1) is 13.9. The first kappa shape index (κ1) is 25.0. The molecule has 0 aliphatic rings. The topological polar surface area (TPSA) is 64.1 Å². The number of rotatable bonds is 13. The molecule has 1 aromatic carbocycles. The van der Waals surface area contributed by atoms with Crippen LogP contribution in [0.4, 0.5) is 13.2 Å². The van der Waals surface area contributed by atoms with Gasteiger partial charge in [-0.3, -0.25) is 4.99 Å². The minimum Gasteiger partial charge on any atom is -0.484 e. The highest BCUT2D eigenvalue weighted by Crippen LogP contribution is 2.23. The molecule has 9 heteroatoms. The molecule has 0 aliphatic heterocycles. The van der Waals surface area contributed by atoms with E-state index in [2.05, 4.69) is 22.5 Å². The zero-order valence-corrected chi connectivity index (χ0v) is 17.4. The van der Waals surface area contributed by atoms with E-state index in [4.69, 9.17) is 14.2 Å². The first-order valence-corrected chi connectivity index (χ1v) is 9.74. The summed E-state index contributed by atoms with van der Waals surface area (Å²) in [5.74, 6) is 0.729. The predicted octanol–water partition coefficient (Wildman–Crippen LogP) is 3.43. The Bertz CT molecular complexity index is 610. The van der Waals surface area contributed by atoms with Crippen molar-refractivity contribution < 1.29 is 27.4 Å². The van der Waals surface area contributed by atoms with Gasteiger partial charge in [0.15, 0.2) is 12.6 Å². The predicted molar refractivity (Wildman–Crippen MR) is 107 cm³/mol. The van der Waals surface area contributed by atoms with Crippen LogP contribution in [-0.2, 0) is 16.0 Å². The number of unbranched alkanes of at least 4 members (excludes halogenated alkanes) is 1. The van der Waals surface area contributed by atoms with Crippen molar-refractivity contribution in [2.75, 3.05) is 46.6 Å². The summed E-state index contributed by atoms with van der Waals surface area (Å²) in [6.45, 7) is 5.75. The quantitative estimate of drug-likeness (QED) is 0.291. The van der Waals surface area contributed by atoms with Crippen LogP contribution in [0.25, 0.3) is 0 Å². The van der Waals surface area contributed by atoms with E-state index in [1.165, 1.54) is 0 Å². The molecule has 0 aliphatic carbocycles. The van der Waals surface area contributed by atoms with Gasteiger partial charge in [0.25, 0.3) is 0 Å². The third-order valence-electron chi connectivity index (χ3n) is 3.84. The zero-order valence-electron chi connectivity index (χ0n) is 17.4. The molecule has 1 aromatic rings. The number of hydrogen-bond donors (Lipinski definition) is 2. The Labute approximate surface area is 170 Å². The molecule has 0 bridgehead atoms.